The highest BCUT2D eigenvalue weighted by atomic mass is 79.9. The van der Waals surface area contributed by atoms with Crippen molar-refractivity contribution >= 4 is 33.2 Å². The molecule has 0 fully saturated rings. The summed E-state index contributed by atoms with van der Waals surface area (Å²) in [6, 6.07) is 2.07. The summed E-state index contributed by atoms with van der Waals surface area (Å²) >= 11 is 5.29. The van der Waals surface area contributed by atoms with Gasteiger partial charge in [-0.3, -0.25) is 0 Å². The van der Waals surface area contributed by atoms with Gasteiger partial charge in [-0.1, -0.05) is 6.08 Å². The van der Waals surface area contributed by atoms with Crippen LogP contribution in [0.15, 0.2) is 34.8 Å². The Morgan fingerprint density at radius 1 is 1.65 bits per heavy atom. The number of aryl methyl sites for hydroxylation is 1. The van der Waals surface area contributed by atoms with Gasteiger partial charge in [-0.05, 0) is 34.3 Å². The molecule has 1 N–H and O–H groups in total. The van der Waals surface area contributed by atoms with Crippen molar-refractivity contribution in [1.29, 1.82) is 0 Å². The minimum absolute atomic E-state index is 0.724. The van der Waals surface area contributed by atoms with Crippen LogP contribution in [0.25, 0.3) is 0 Å². The van der Waals surface area contributed by atoms with E-state index in [-0.39, 0.29) is 0 Å². The molecule has 0 amide bonds. The molecule has 5 heteroatoms. The van der Waals surface area contributed by atoms with E-state index < -0.39 is 0 Å². The number of imidazole rings is 1. The molecule has 2 heterocycles. The zero-order chi connectivity index (χ0) is 12.3. The molecule has 2 aromatic heterocycles. The van der Waals surface area contributed by atoms with Crippen LogP contribution in [0.2, 0.25) is 0 Å². The number of hydrogen-bond acceptors (Lipinski definition) is 3. The summed E-state index contributed by atoms with van der Waals surface area (Å²) < 4.78 is 3.28. The Kier molecular flexibility index (Phi) is 4.02. The first-order chi connectivity index (χ1) is 8.20. The number of nitrogens with zero attached hydrogens (tertiary/aromatic N) is 2. The van der Waals surface area contributed by atoms with Gasteiger partial charge in [-0.15, -0.1) is 17.9 Å². The first-order valence-electron chi connectivity index (χ1n) is 5.31. The van der Waals surface area contributed by atoms with Gasteiger partial charge in [-0.2, -0.15) is 0 Å². The molecule has 2 rings (SSSR count). The smallest absolute Gasteiger partial charge is 0.203 e. The van der Waals surface area contributed by atoms with Gasteiger partial charge in [0.25, 0.3) is 0 Å². The molecule has 0 aliphatic heterocycles. The van der Waals surface area contributed by atoms with Crippen molar-refractivity contribution in [3.63, 3.8) is 0 Å². The summed E-state index contributed by atoms with van der Waals surface area (Å²) in [6.07, 6.45) is 3.88. The topological polar surface area (TPSA) is 29.9 Å². The van der Waals surface area contributed by atoms with Crippen molar-refractivity contribution < 1.29 is 0 Å². The summed E-state index contributed by atoms with van der Waals surface area (Å²) in [5.74, 6) is 0.891. The highest BCUT2D eigenvalue weighted by molar-refractivity contribution is 9.10. The van der Waals surface area contributed by atoms with Gasteiger partial charge in [0, 0.05) is 22.1 Å². The van der Waals surface area contributed by atoms with E-state index in [1.165, 1.54) is 4.88 Å². The van der Waals surface area contributed by atoms with Crippen molar-refractivity contribution in [2.24, 2.45) is 0 Å². The summed E-state index contributed by atoms with van der Waals surface area (Å²) in [6.45, 7) is 7.25. The number of aromatic nitrogens is 2. The largest absolute Gasteiger partial charge is 0.352 e. The van der Waals surface area contributed by atoms with Crippen LogP contribution in [0.5, 0.6) is 0 Å². The molecule has 0 saturated heterocycles. The highest BCUT2D eigenvalue weighted by Crippen LogP contribution is 2.24. The Morgan fingerprint density at radius 3 is 3.12 bits per heavy atom. The van der Waals surface area contributed by atoms with E-state index in [0.717, 1.165) is 29.2 Å². The van der Waals surface area contributed by atoms with Crippen LogP contribution in [0.4, 0.5) is 5.95 Å². The maximum Gasteiger partial charge on any atom is 0.203 e. The Hall–Kier alpha value is -1.07. The van der Waals surface area contributed by atoms with E-state index in [9.17, 15) is 0 Å². The van der Waals surface area contributed by atoms with Crippen molar-refractivity contribution in [1.82, 2.24) is 9.55 Å². The third-order valence-electron chi connectivity index (χ3n) is 2.31. The maximum absolute atomic E-state index is 4.45. The van der Waals surface area contributed by atoms with E-state index in [0.29, 0.717) is 0 Å². The predicted molar refractivity (Wildman–Crippen MR) is 76.8 cm³/mol. The lowest BCUT2D eigenvalue weighted by Gasteiger charge is -2.07. The SMILES string of the molecule is C=CCNc1nc(C)cn1Cc1sccc1Br. The molecule has 2 aromatic rings. The summed E-state index contributed by atoms with van der Waals surface area (Å²) in [5, 5.41) is 5.32. The van der Waals surface area contributed by atoms with Crippen LogP contribution in [0, 0.1) is 6.92 Å². The van der Waals surface area contributed by atoms with Crippen LogP contribution < -0.4 is 5.32 Å². The monoisotopic (exact) mass is 311 g/mol. The summed E-state index contributed by atoms with van der Waals surface area (Å²) in [5.41, 5.74) is 1.02. The number of nitrogens with one attached hydrogen (secondary N) is 1. The second kappa shape index (κ2) is 5.51. The van der Waals surface area contributed by atoms with Gasteiger partial charge in [0.2, 0.25) is 5.95 Å². The molecular weight excluding hydrogens is 298 g/mol. The zero-order valence-electron chi connectivity index (χ0n) is 9.61. The molecule has 0 aromatic carbocycles. The van der Waals surface area contributed by atoms with Gasteiger partial charge in [0.05, 0.1) is 12.2 Å². The van der Waals surface area contributed by atoms with Gasteiger partial charge in [0.1, 0.15) is 0 Å². The number of halogens is 1. The third kappa shape index (κ3) is 2.98. The van der Waals surface area contributed by atoms with Gasteiger partial charge in [-0.25, -0.2) is 4.98 Å². The number of anilines is 1. The molecule has 0 aliphatic rings. The molecule has 0 bridgehead atoms. The number of rotatable bonds is 5. The molecule has 3 nitrogen and oxygen atoms in total. The van der Waals surface area contributed by atoms with Gasteiger partial charge in [0.15, 0.2) is 0 Å². The molecular formula is C12H14BrN3S. The lowest BCUT2D eigenvalue weighted by Crippen LogP contribution is -2.07. The fourth-order valence-electron chi connectivity index (χ4n) is 1.56. The van der Waals surface area contributed by atoms with Crippen LogP contribution in [0.1, 0.15) is 10.6 Å². The fraction of sp³-hybridized carbons (Fsp3) is 0.250. The average Bonchev–Trinajstić information content (AvgIpc) is 2.84. The third-order valence-corrected chi connectivity index (χ3v) is 4.22. The average molecular weight is 312 g/mol. The van der Waals surface area contributed by atoms with Gasteiger partial charge >= 0.3 is 0 Å². The maximum atomic E-state index is 4.45. The van der Waals surface area contributed by atoms with Crippen molar-refractivity contribution in [3.8, 4) is 0 Å². The number of hydrogen-bond donors (Lipinski definition) is 1. The fourth-order valence-corrected chi connectivity index (χ4v) is 3.04. The Morgan fingerprint density at radius 2 is 2.47 bits per heavy atom. The minimum atomic E-state index is 0.724. The second-order valence-corrected chi connectivity index (χ2v) is 5.55. The van der Waals surface area contributed by atoms with E-state index >= 15 is 0 Å². The molecule has 0 spiro atoms. The summed E-state index contributed by atoms with van der Waals surface area (Å²) in [7, 11) is 0. The first-order valence-corrected chi connectivity index (χ1v) is 6.98. The quantitative estimate of drug-likeness (QED) is 0.854. The van der Waals surface area contributed by atoms with E-state index in [1.807, 2.05) is 13.0 Å². The molecule has 0 unspecified atom stereocenters. The minimum Gasteiger partial charge on any atom is -0.352 e. The predicted octanol–water partition coefficient (Wildman–Crippen LogP) is 3.66. The van der Waals surface area contributed by atoms with Crippen LogP contribution in [-0.2, 0) is 6.54 Å². The molecule has 90 valence electrons. The Balaban J connectivity index is 2.20. The molecule has 0 atom stereocenters. The normalized spacial score (nSPS) is 10.5. The van der Waals surface area contributed by atoms with Crippen molar-refractivity contribution in [3.05, 3.63) is 45.3 Å². The van der Waals surface area contributed by atoms with E-state index in [4.69, 9.17) is 0 Å². The van der Waals surface area contributed by atoms with Crippen LogP contribution in [-0.4, -0.2) is 16.1 Å². The standard InChI is InChI=1S/C12H14BrN3S/c1-3-5-14-12-15-9(2)7-16(12)8-11-10(13)4-6-17-11/h3-4,6-7H,1,5,8H2,2H3,(H,14,15). The summed E-state index contributed by atoms with van der Waals surface area (Å²) in [4.78, 5) is 5.75. The number of thiophene rings is 1. The second-order valence-electron chi connectivity index (χ2n) is 3.70. The molecule has 17 heavy (non-hydrogen) atoms. The van der Waals surface area contributed by atoms with E-state index in [2.05, 4.69) is 55.0 Å². The van der Waals surface area contributed by atoms with Crippen molar-refractivity contribution in [2.45, 2.75) is 13.5 Å². The van der Waals surface area contributed by atoms with Crippen molar-refractivity contribution in [2.75, 3.05) is 11.9 Å². The van der Waals surface area contributed by atoms with Gasteiger partial charge < -0.3 is 9.88 Å². The zero-order valence-corrected chi connectivity index (χ0v) is 12.0. The lowest BCUT2D eigenvalue weighted by molar-refractivity contribution is 0.811. The van der Waals surface area contributed by atoms with Crippen LogP contribution in [0.3, 0.4) is 0 Å². The lowest BCUT2D eigenvalue weighted by atomic mass is 10.4. The highest BCUT2D eigenvalue weighted by Gasteiger charge is 2.08. The molecule has 0 radical (unpaired) electrons. The molecule has 0 aliphatic carbocycles. The first kappa shape index (κ1) is 12.4. The Bertz CT molecular complexity index is 516. The van der Waals surface area contributed by atoms with Crippen LogP contribution >= 0.6 is 27.3 Å². The molecule has 0 saturated carbocycles. The van der Waals surface area contributed by atoms with E-state index in [1.54, 1.807) is 11.3 Å². The Labute approximate surface area is 113 Å².